The van der Waals surface area contributed by atoms with Gasteiger partial charge in [0, 0.05) is 25.4 Å². The molecule has 0 aliphatic heterocycles. The lowest BCUT2D eigenvalue weighted by atomic mass is 10.3. The summed E-state index contributed by atoms with van der Waals surface area (Å²) in [6.45, 7) is 3.19. The van der Waals surface area contributed by atoms with Crippen LogP contribution in [0.2, 0.25) is 5.02 Å². The summed E-state index contributed by atoms with van der Waals surface area (Å²) in [4.78, 5) is 11.7. The van der Waals surface area contributed by atoms with Crippen LogP contribution in [-0.2, 0) is 6.54 Å². The van der Waals surface area contributed by atoms with E-state index in [2.05, 4.69) is 5.32 Å². The standard InChI is InChI=1S/C14H15ClN2O/c1-11-6-8-17(14(18)10-11)9-7-16-13-5-3-2-4-12(13)15/h2-6,8,10,16H,7,9H2,1H3. The van der Waals surface area contributed by atoms with Gasteiger partial charge in [-0.1, -0.05) is 23.7 Å². The van der Waals surface area contributed by atoms with E-state index in [4.69, 9.17) is 11.6 Å². The molecular weight excluding hydrogens is 248 g/mol. The molecule has 0 radical (unpaired) electrons. The van der Waals surface area contributed by atoms with Gasteiger partial charge in [-0.2, -0.15) is 0 Å². The van der Waals surface area contributed by atoms with Gasteiger partial charge in [0.1, 0.15) is 0 Å². The monoisotopic (exact) mass is 262 g/mol. The van der Waals surface area contributed by atoms with Crippen molar-refractivity contribution in [1.82, 2.24) is 4.57 Å². The number of nitrogens with zero attached hydrogens (tertiary/aromatic N) is 1. The Hall–Kier alpha value is -1.74. The molecule has 0 saturated carbocycles. The fourth-order valence-electron chi connectivity index (χ4n) is 1.71. The first-order valence-corrected chi connectivity index (χ1v) is 6.20. The summed E-state index contributed by atoms with van der Waals surface area (Å²) in [6.07, 6.45) is 1.81. The Morgan fingerprint density at radius 3 is 2.78 bits per heavy atom. The summed E-state index contributed by atoms with van der Waals surface area (Å²) in [5, 5.41) is 3.90. The maximum Gasteiger partial charge on any atom is 0.250 e. The maximum atomic E-state index is 11.7. The van der Waals surface area contributed by atoms with Crippen LogP contribution in [0.15, 0.2) is 47.4 Å². The maximum absolute atomic E-state index is 11.7. The molecule has 18 heavy (non-hydrogen) atoms. The van der Waals surface area contributed by atoms with E-state index in [1.165, 1.54) is 0 Å². The second-order valence-corrected chi connectivity index (χ2v) is 4.55. The number of benzene rings is 1. The molecule has 2 aromatic rings. The van der Waals surface area contributed by atoms with Crippen molar-refractivity contribution in [1.29, 1.82) is 0 Å². The summed E-state index contributed by atoms with van der Waals surface area (Å²) in [5.74, 6) is 0. The number of rotatable bonds is 4. The van der Waals surface area contributed by atoms with Crippen LogP contribution >= 0.6 is 11.6 Å². The van der Waals surface area contributed by atoms with E-state index < -0.39 is 0 Å². The van der Waals surface area contributed by atoms with Crippen molar-refractivity contribution in [2.75, 3.05) is 11.9 Å². The third-order valence-corrected chi connectivity index (χ3v) is 3.02. The summed E-state index contributed by atoms with van der Waals surface area (Å²) < 4.78 is 1.68. The second-order valence-electron chi connectivity index (χ2n) is 4.14. The molecule has 0 aliphatic rings. The minimum atomic E-state index is 0.0240. The van der Waals surface area contributed by atoms with E-state index in [-0.39, 0.29) is 5.56 Å². The van der Waals surface area contributed by atoms with Gasteiger partial charge in [-0.3, -0.25) is 4.79 Å². The molecule has 1 aromatic heterocycles. The van der Waals surface area contributed by atoms with Crippen LogP contribution in [0.4, 0.5) is 5.69 Å². The lowest BCUT2D eigenvalue weighted by Crippen LogP contribution is -2.22. The Bertz CT molecular complexity index is 592. The summed E-state index contributed by atoms with van der Waals surface area (Å²) in [5.41, 5.74) is 1.89. The van der Waals surface area contributed by atoms with Crippen LogP contribution in [-0.4, -0.2) is 11.1 Å². The van der Waals surface area contributed by atoms with Gasteiger partial charge in [-0.05, 0) is 30.7 Å². The predicted octanol–water partition coefficient (Wildman–Crippen LogP) is 2.92. The number of aromatic nitrogens is 1. The molecule has 0 saturated heterocycles. The third-order valence-electron chi connectivity index (χ3n) is 2.69. The van der Waals surface area contributed by atoms with E-state index >= 15 is 0 Å². The molecule has 0 amide bonds. The Labute approximate surface area is 111 Å². The fourth-order valence-corrected chi connectivity index (χ4v) is 1.91. The molecule has 1 aromatic carbocycles. The van der Waals surface area contributed by atoms with E-state index in [1.54, 1.807) is 10.6 Å². The molecule has 1 heterocycles. The van der Waals surface area contributed by atoms with Crippen molar-refractivity contribution in [3.8, 4) is 0 Å². The average Bonchev–Trinajstić information content (AvgIpc) is 2.34. The largest absolute Gasteiger partial charge is 0.382 e. The van der Waals surface area contributed by atoms with E-state index in [9.17, 15) is 4.79 Å². The van der Waals surface area contributed by atoms with Gasteiger partial charge >= 0.3 is 0 Å². The molecule has 0 unspecified atom stereocenters. The van der Waals surface area contributed by atoms with Crippen LogP contribution in [0.1, 0.15) is 5.56 Å². The lowest BCUT2D eigenvalue weighted by molar-refractivity contribution is 0.696. The normalized spacial score (nSPS) is 10.3. The molecule has 1 N–H and O–H groups in total. The zero-order chi connectivity index (χ0) is 13.0. The van der Waals surface area contributed by atoms with Gasteiger partial charge in [0.2, 0.25) is 0 Å². The second kappa shape index (κ2) is 5.74. The number of hydrogen-bond donors (Lipinski definition) is 1. The first kappa shape index (κ1) is 12.7. The number of nitrogens with one attached hydrogen (secondary N) is 1. The van der Waals surface area contributed by atoms with Crippen LogP contribution in [0.3, 0.4) is 0 Å². The molecule has 0 aliphatic carbocycles. The molecule has 4 heteroatoms. The van der Waals surface area contributed by atoms with Crippen LogP contribution in [0, 0.1) is 6.92 Å². The lowest BCUT2D eigenvalue weighted by Gasteiger charge is -2.09. The Morgan fingerprint density at radius 2 is 2.06 bits per heavy atom. The zero-order valence-electron chi connectivity index (χ0n) is 10.2. The smallest absolute Gasteiger partial charge is 0.250 e. The van der Waals surface area contributed by atoms with Crippen molar-refractivity contribution in [3.05, 3.63) is 63.5 Å². The first-order valence-electron chi connectivity index (χ1n) is 5.82. The summed E-state index contributed by atoms with van der Waals surface area (Å²) in [6, 6.07) is 11.1. The number of aryl methyl sites for hydroxylation is 1. The van der Waals surface area contributed by atoms with Gasteiger partial charge in [0.25, 0.3) is 5.56 Å². The van der Waals surface area contributed by atoms with Crippen LogP contribution < -0.4 is 10.9 Å². The highest BCUT2D eigenvalue weighted by Crippen LogP contribution is 2.19. The van der Waals surface area contributed by atoms with Crippen molar-refractivity contribution in [2.45, 2.75) is 13.5 Å². The van der Waals surface area contributed by atoms with Gasteiger partial charge in [0.15, 0.2) is 0 Å². The number of para-hydroxylation sites is 1. The summed E-state index contributed by atoms with van der Waals surface area (Å²) >= 11 is 6.03. The topological polar surface area (TPSA) is 34.0 Å². The third kappa shape index (κ3) is 3.14. The van der Waals surface area contributed by atoms with Crippen molar-refractivity contribution in [3.63, 3.8) is 0 Å². The Balaban J connectivity index is 1.97. The quantitative estimate of drug-likeness (QED) is 0.919. The highest BCUT2D eigenvalue weighted by molar-refractivity contribution is 6.33. The molecule has 0 atom stereocenters. The van der Waals surface area contributed by atoms with Gasteiger partial charge < -0.3 is 9.88 Å². The average molecular weight is 263 g/mol. The van der Waals surface area contributed by atoms with Crippen LogP contribution in [0.5, 0.6) is 0 Å². The van der Waals surface area contributed by atoms with E-state index in [0.29, 0.717) is 18.1 Å². The molecule has 0 spiro atoms. The van der Waals surface area contributed by atoms with Gasteiger partial charge in [-0.25, -0.2) is 0 Å². The number of halogens is 1. The molecule has 94 valence electrons. The van der Waals surface area contributed by atoms with Gasteiger partial charge in [0.05, 0.1) is 10.7 Å². The summed E-state index contributed by atoms with van der Waals surface area (Å²) in [7, 11) is 0. The highest BCUT2D eigenvalue weighted by atomic mass is 35.5. The SMILES string of the molecule is Cc1ccn(CCNc2ccccc2Cl)c(=O)c1. The minimum absolute atomic E-state index is 0.0240. The van der Waals surface area contributed by atoms with Gasteiger partial charge in [-0.15, -0.1) is 0 Å². The molecule has 3 nitrogen and oxygen atoms in total. The minimum Gasteiger partial charge on any atom is -0.382 e. The van der Waals surface area contributed by atoms with Crippen molar-refractivity contribution < 1.29 is 0 Å². The van der Waals surface area contributed by atoms with Crippen molar-refractivity contribution in [2.24, 2.45) is 0 Å². The van der Waals surface area contributed by atoms with E-state index in [0.717, 1.165) is 11.3 Å². The Kier molecular flexibility index (Phi) is 4.05. The zero-order valence-corrected chi connectivity index (χ0v) is 10.9. The fraction of sp³-hybridized carbons (Fsp3) is 0.214. The Morgan fingerprint density at radius 1 is 1.28 bits per heavy atom. The van der Waals surface area contributed by atoms with Crippen LogP contribution in [0.25, 0.3) is 0 Å². The number of hydrogen-bond acceptors (Lipinski definition) is 2. The van der Waals surface area contributed by atoms with Crippen molar-refractivity contribution >= 4 is 17.3 Å². The molecule has 2 rings (SSSR count). The number of pyridine rings is 1. The van der Waals surface area contributed by atoms with E-state index in [1.807, 2.05) is 43.5 Å². The number of anilines is 1. The highest BCUT2D eigenvalue weighted by Gasteiger charge is 1.99. The first-order chi connectivity index (χ1) is 8.66. The molecule has 0 fully saturated rings. The molecular formula is C14H15ClN2O. The molecule has 0 bridgehead atoms. The predicted molar refractivity (Wildman–Crippen MR) is 75.4 cm³/mol.